The van der Waals surface area contributed by atoms with E-state index in [4.69, 9.17) is 11.6 Å². The van der Waals surface area contributed by atoms with Gasteiger partial charge in [-0.3, -0.25) is 4.79 Å². The predicted octanol–water partition coefficient (Wildman–Crippen LogP) is 3.30. The second-order valence-corrected chi connectivity index (χ2v) is 6.51. The third kappa shape index (κ3) is 4.14. The number of piperazine rings is 1. The molecule has 1 aliphatic heterocycles. The Bertz CT molecular complexity index is 572. The van der Waals surface area contributed by atoms with Gasteiger partial charge in [-0.05, 0) is 30.5 Å². The van der Waals surface area contributed by atoms with Gasteiger partial charge in [-0.15, -0.1) is 0 Å². The molecule has 4 nitrogen and oxygen atoms in total. The highest BCUT2D eigenvalue weighted by Gasteiger charge is 2.22. The van der Waals surface area contributed by atoms with E-state index in [2.05, 4.69) is 24.8 Å². The molecule has 0 N–H and O–H groups in total. The van der Waals surface area contributed by atoms with Gasteiger partial charge < -0.3 is 9.80 Å². The molecule has 1 fully saturated rings. The number of nitriles is 1. The molecule has 0 unspecified atom stereocenters. The van der Waals surface area contributed by atoms with Crippen LogP contribution in [0.5, 0.6) is 0 Å². The molecular weight excluding hydrogens is 298 g/mol. The molecule has 1 amide bonds. The minimum Gasteiger partial charge on any atom is -0.367 e. The van der Waals surface area contributed by atoms with Crippen molar-refractivity contribution in [2.24, 2.45) is 5.92 Å². The average Bonchev–Trinajstić information content (AvgIpc) is 2.52. The minimum absolute atomic E-state index is 0.241. The molecule has 0 bridgehead atoms. The molecule has 22 heavy (non-hydrogen) atoms. The Morgan fingerprint density at radius 1 is 1.32 bits per heavy atom. The van der Waals surface area contributed by atoms with Crippen molar-refractivity contribution >= 4 is 23.2 Å². The van der Waals surface area contributed by atoms with Gasteiger partial charge in [0.05, 0.1) is 11.3 Å². The van der Waals surface area contributed by atoms with E-state index < -0.39 is 0 Å². The van der Waals surface area contributed by atoms with Crippen LogP contribution in [0.3, 0.4) is 0 Å². The molecule has 1 heterocycles. The van der Waals surface area contributed by atoms with Crippen molar-refractivity contribution in [1.29, 1.82) is 5.26 Å². The van der Waals surface area contributed by atoms with Crippen molar-refractivity contribution in [2.75, 3.05) is 31.1 Å². The SMILES string of the molecule is CC(C)CCC(=O)N1CCN(c2ccc(Cl)cc2C#N)CC1. The highest BCUT2D eigenvalue weighted by Crippen LogP contribution is 2.25. The summed E-state index contributed by atoms with van der Waals surface area (Å²) in [4.78, 5) is 16.2. The van der Waals surface area contributed by atoms with E-state index in [9.17, 15) is 10.1 Å². The van der Waals surface area contributed by atoms with Crippen molar-refractivity contribution in [3.05, 3.63) is 28.8 Å². The Kier molecular flexibility index (Phi) is 5.68. The molecule has 0 atom stereocenters. The molecular formula is C17H22ClN3O. The van der Waals surface area contributed by atoms with Crippen LogP contribution in [0.2, 0.25) is 5.02 Å². The summed E-state index contributed by atoms with van der Waals surface area (Å²) in [6.45, 7) is 7.20. The highest BCUT2D eigenvalue weighted by molar-refractivity contribution is 6.30. The summed E-state index contributed by atoms with van der Waals surface area (Å²) >= 11 is 5.94. The van der Waals surface area contributed by atoms with E-state index in [1.807, 2.05) is 11.0 Å². The monoisotopic (exact) mass is 319 g/mol. The van der Waals surface area contributed by atoms with Gasteiger partial charge in [-0.2, -0.15) is 5.26 Å². The van der Waals surface area contributed by atoms with Crippen LogP contribution in [-0.2, 0) is 4.79 Å². The zero-order valence-corrected chi connectivity index (χ0v) is 13.9. The number of nitrogens with zero attached hydrogens (tertiary/aromatic N) is 3. The number of hydrogen-bond donors (Lipinski definition) is 0. The van der Waals surface area contributed by atoms with Gasteiger partial charge in [0.25, 0.3) is 0 Å². The van der Waals surface area contributed by atoms with Gasteiger partial charge in [0.2, 0.25) is 5.91 Å². The molecule has 0 spiro atoms. The number of hydrogen-bond acceptors (Lipinski definition) is 3. The van der Waals surface area contributed by atoms with E-state index in [0.29, 0.717) is 36.0 Å². The topological polar surface area (TPSA) is 47.3 Å². The Balaban J connectivity index is 1.95. The summed E-state index contributed by atoms with van der Waals surface area (Å²) in [6.07, 6.45) is 1.57. The average molecular weight is 320 g/mol. The first-order chi connectivity index (χ1) is 10.5. The molecule has 1 aromatic carbocycles. The fraction of sp³-hybridized carbons (Fsp3) is 0.529. The standard InChI is InChI=1S/C17H22ClN3O/c1-13(2)3-6-17(22)21-9-7-20(8-10-21)16-5-4-15(18)11-14(16)12-19/h4-5,11,13H,3,6-10H2,1-2H3. The second-order valence-electron chi connectivity index (χ2n) is 6.07. The van der Waals surface area contributed by atoms with E-state index in [1.165, 1.54) is 0 Å². The van der Waals surface area contributed by atoms with Crippen LogP contribution in [0.15, 0.2) is 18.2 Å². The number of carbonyl (C=O) groups excluding carboxylic acids is 1. The van der Waals surface area contributed by atoms with Crippen LogP contribution in [-0.4, -0.2) is 37.0 Å². The van der Waals surface area contributed by atoms with Crippen LogP contribution >= 0.6 is 11.6 Å². The van der Waals surface area contributed by atoms with Crippen LogP contribution in [0.25, 0.3) is 0 Å². The fourth-order valence-electron chi connectivity index (χ4n) is 2.64. The number of carbonyl (C=O) groups is 1. The van der Waals surface area contributed by atoms with Gasteiger partial charge >= 0.3 is 0 Å². The molecule has 1 aromatic rings. The Hall–Kier alpha value is -1.73. The molecule has 118 valence electrons. The zero-order chi connectivity index (χ0) is 16.1. The first kappa shape index (κ1) is 16.6. The van der Waals surface area contributed by atoms with Crippen molar-refractivity contribution < 1.29 is 4.79 Å². The van der Waals surface area contributed by atoms with Crippen molar-refractivity contribution in [2.45, 2.75) is 26.7 Å². The Labute approximate surface area is 137 Å². The maximum atomic E-state index is 12.2. The lowest BCUT2D eigenvalue weighted by Crippen LogP contribution is -2.49. The van der Waals surface area contributed by atoms with Gasteiger partial charge in [0, 0.05) is 37.6 Å². The zero-order valence-electron chi connectivity index (χ0n) is 13.2. The lowest BCUT2D eigenvalue weighted by Gasteiger charge is -2.36. The van der Waals surface area contributed by atoms with E-state index in [-0.39, 0.29) is 5.91 Å². The smallest absolute Gasteiger partial charge is 0.222 e. The molecule has 2 rings (SSSR count). The molecule has 1 saturated heterocycles. The Morgan fingerprint density at radius 3 is 2.59 bits per heavy atom. The van der Waals surface area contributed by atoms with Gasteiger partial charge in [0.15, 0.2) is 0 Å². The Morgan fingerprint density at radius 2 is 2.00 bits per heavy atom. The molecule has 5 heteroatoms. The molecule has 0 saturated carbocycles. The summed E-state index contributed by atoms with van der Waals surface area (Å²) in [5.74, 6) is 0.794. The molecule has 0 aromatic heterocycles. The van der Waals surface area contributed by atoms with Gasteiger partial charge in [0.1, 0.15) is 6.07 Å². The summed E-state index contributed by atoms with van der Waals surface area (Å²) in [6, 6.07) is 7.57. The summed E-state index contributed by atoms with van der Waals surface area (Å²) in [5.41, 5.74) is 1.49. The van der Waals surface area contributed by atoms with Crippen molar-refractivity contribution in [1.82, 2.24) is 4.90 Å². The van der Waals surface area contributed by atoms with Gasteiger partial charge in [-0.1, -0.05) is 25.4 Å². The number of halogens is 1. The fourth-order valence-corrected chi connectivity index (χ4v) is 2.81. The third-order valence-electron chi connectivity index (χ3n) is 3.99. The number of rotatable bonds is 4. The van der Waals surface area contributed by atoms with Gasteiger partial charge in [-0.25, -0.2) is 0 Å². The van der Waals surface area contributed by atoms with Crippen LogP contribution in [0, 0.1) is 17.2 Å². The summed E-state index contributed by atoms with van der Waals surface area (Å²) in [7, 11) is 0. The predicted molar refractivity (Wildman–Crippen MR) is 89.0 cm³/mol. The first-order valence-corrected chi connectivity index (χ1v) is 8.11. The summed E-state index contributed by atoms with van der Waals surface area (Å²) < 4.78 is 0. The van der Waals surface area contributed by atoms with E-state index in [0.717, 1.165) is 25.2 Å². The lowest BCUT2D eigenvalue weighted by atomic mass is 10.1. The largest absolute Gasteiger partial charge is 0.367 e. The van der Waals surface area contributed by atoms with Crippen LogP contribution in [0.1, 0.15) is 32.3 Å². The van der Waals surface area contributed by atoms with E-state index >= 15 is 0 Å². The number of benzene rings is 1. The quantitative estimate of drug-likeness (QED) is 0.855. The van der Waals surface area contributed by atoms with Crippen molar-refractivity contribution in [3.63, 3.8) is 0 Å². The van der Waals surface area contributed by atoms with Crippen LogP contribution in [0.4, 0.5) is 5.69 Å². The summed E-state index contributed by atoms with van der Waals surface area (Å²) in [5, 5.41) is 9.81. The number of amides is 1. The molecule has 0 aliphatic carbocycles. The minimum atomic E-state index is 0.241. The molecule has 1 aliphatic rings. The first-order valence-electron chi connectivity index (χ1n) is 7.73. The molecule has 0 radical (unpaired) electrons. The lowest BCUT2D eigenvalue weighted by molar-refractivity contribution is -0.131. The maximum absolute atomic E-state index is 12.2. The maximum Gasteiger partial charge on any atom is 0.222 e. The normalized spacial score (nSPS) is 15.0. The van der Waals surface area contributed by atoms with E-state index in [1.54, 1.807) is 12.1 Å². The van der Waals surface area contributed by atoms with Crippen LogP contribution < -0.4 is 4.90 Å². The second kappa shape index (κ2) is 7.51. The highest BCUT2D eigenvalue weighted by atomic mass is 35.5. The van der Waals surface area contributed by atoms with Crippen molar-refractivity contribution in [3.8, 4) is 6.07 Å². The number of anilines is 1. The third-order valence-corrected chi connectivity index (χ3v) is 4.22.